The maximum absolute atomic E-state index is 12.6. The summed E-state index contributed by atoms with van der Waals surface area (Å²) >= 11 is 0. The second-order valence-electron chi connectivity index (χ2n) is 7.74. The van der Waals surface area contributed by atoms with E-state index < -0.39 is 11.7 Å². The van der Waals surface area contributed by atoms with Gasteiger partial charge in [-0.2, -0.15) is 13.2 Å². The Morgan fingerprint density at radius 3 is 2.48 bits per heavy atom. The summed E-state index contributed by atoms with van der Waals surface area (Å²) in [7, 11) is 0. The topological polar surface area (TPSA) is 54.0 Å². The Morgan fingerprint density at radius 1 is 1.06 bits per heavy atom. The number of carbonyl (C=O) groups is 1. The largest absolute Gasteiger partial charge is 0.416 e. The third kappa shape index (κ3) is 6.44. The lowest BCUT2D eigenvalue weighted by Crippen LogP contribution is -2.12. The molecule has 0 saturated carbocycles. The van der Waals surface area contributed by atoms with E-state index >= 15 is 0 Å². The minimum absolute atomic E-state index is 0.181. The first-order valence-corrected chi connectivity index (χ1v) is 10.3. The van der Waals surface area contributed by atoms with Crippen molar-refractivity contribution in [2.45, 2.75) is 39.3 Å². The maximum atomic E-state index is 12.6. The van der Waals surface area contributed by atoms with E-state index in [1.165, 1.54) is 12.1 Å². The molecule has 0 saturated heterocycles. The Hall–Kier alpha value is -3.09. The van der Waals surface area contributed by atoms with Crippen molar-refractivity contribution in [1.82, 2.24) is 4.98 Å². The van der Waals surface area contributed by atoms with Gasteiger partial charge in [0, 0.05) is 24.0 Å². The van der Waals surface area contributed by atoms with Gasteiger partial charge in [-0.15, -0.1) is 0 Å². The molecule has 2 N–H and O–H groups in total. The lowest BCUT2D eigenvalue weighted by Gasteiger charge is -2.12. The molecule has 1 atom stereocenters. The van der Waals surface area contributed by atoms with E-state index in [1.54, 1.807) is 6.07 Å². The van der Waals surface area contributed by atoms with Crippen LogP contribution in [-0.2, 0) is 17.4 Å². The zero-order valence-corrected chi connectivity index (χ0v) is 17.6. The predicted molar refractivity (Wildman–Crippen MR) is 118 cm³/mol. The van der Waals surface area contributed by atoms with Gasteiger partial charge in [0.05, 0.1) is 11.1 Å². The molecule has 3 rings (SSSR count). The van der Waals surface area contributed by atoms with Crippen molar-refractivity contribution in [3.05, 3.63) is 65.7 Å². The van der Waals surface area contributed by atoms with E-state index in [4.69, 9.17) is 0 Å². The van der Waals surface area contributed by atoms with Crippen molar-refractivity contribution in [1.29, 1.82) is 0 Å². The quantitative estimate of drug-likeness (QED) is 0.443. The van der Waals surface area contributed by atoms with Crippen molar-refractivity contribution in [3.63, 3.8) is 0 Å². The van der Waals surface area contributed by atoms with Crippen LogP contribution in [0.5, 0.6) is 0 Å². The number of amides is 1. The molecule has 4 nitrogen and oxygen atoms in total. The summed E-state index contributed by atoms with van der Waals surface area (Å²) in [5, 5.41) is 7.09. The molecule has 0 unspecified atom stereocenters. The number of hydrogen-bond acceptors (Lipinski definition) is 3. The van der Waals surface area contributed by atoms with E-state index in [9.17, 15) is 18.0 Å². The molecule has 3 aromatic rings. The van der Waals surface area contributed by atoms with Crippen molar-refractivity contribution in [2.75, 3.05) is 17.2 Å². The molecule has 0 fully saturated rings. The third-order valence-electron chi connectivity index (χ3n) is 5.22. The van der Waals surface area contributed by atoms with E-state index in [0.29, 0.717) is 23.6 Å². The summed E-state index contributed by atoms with van der Waals surface area (Å²) in [4.78, 5) is 16.9. The average molecular weight is 429 g/mol. The van der Waals surface area contributed by atoms with E-state index in [1.807, 2.05) is 24.3 Å². The zero-order valence-electron chi connectivity index (χ0n) is 17.6. The highest BCUT2D eigenvalue weighted by Gasteiger charge is 2.29. The number of carbonyl (C=O) groups excluding carboxylic acids is 1. The van der Waals surface area contributed by atoms with Crippen LogP contribution < -0.4 is 10.6 Å². The first-order chi connectivity index (χ1) is 14.7. The van der Waals surface area contributed by atoms with Gasteiger partial charge in [-0.25, -0.2) is 4.98 Å². The van der Waals surface area contributed by atoms with Crippen LogP contribution in [0.15, 0.2) is 54.6 Å². The third-order valence-corrected chi connectivity index (χ3v) is 5.22. The SMILES string of the molecule is CC[C@H](C)CNc1ccc2cc(NC(=O)CCc3ccc(C(F)(F)F)cc3)ccc2n1. The Kier molecular flexibility index (Phi) is 7.15. The molecule has 2 aromatic carbocycles. The Morgan fingerprint density at radius 2 is 1.81 bits per heavy atom. The molecule has 1 heterocycles. The smallest absolute Gasteiger partial charge is 0.370 e. The summed E-state index contributed by atoms with van der Waals surface area (Å²) in [6.45, 7) is 5.20. The van der Waals surface area contributed by atoms with Crippen LogP contribution in [0, 0.1) is 5.92 Å². The van der Waals surface area contributed by atoms with Gasteiger partial charge in [0.15, 0.2) is 0 Å². The number of fused-ring (bicyclic) bond motifs is 1. The molecule has 0 radical (unpaired) electrons. The molecular formula is C24H26F3N3O. The normalized spacial score (nSPS) is 12.5. The summed E-state index contributed by atoms with van der Waals surface area (Å²) in [5.74, 6) is 1.19. The fraction of sp³-hybridized carbons (Fsp3) is 0.333. The summed E-state index contributed by atoms with van der Waals surface area (Å²) in [6, 6.07) is 14.3. The molecule has 7 heteroatoms. The van der Waals surface area contributed by atoms with Crippen LogP contribution in [-0.4, -0.2) is 17.4 Å². The lowest BCUT2D eigenvalue weighted by atomic mass is 10.1. The average Bonchev–Trinajstić information content (AvgIpc) is 2.75. The number of anilines is 2. The standard InChI is InChI=1S/C24H26F3N3O/c1-3-16(2)15-28-22-12-7-18-14-20(10-11-21(18)30-22)29-23(31)13-6-17-4-8-19(9-5-17)24(25,26)27/h4-5,7-12,14,16H,3,6,13,15H2,1-2H3,(H,28,30)(H,29,31)/t16-/m0/s1. The van der Waals surface area contributed by atoms with Gasteiger partial charge in [0.25, 0.3) is 0 Å². The predicted octanol–water partition coefficient (Wildman–Crippen LogP) is 6.28. The van der Waals surface area contributed by atoms with Crippen LogP contribution in [0.1, 0.15) is 37.8 Å². The number of rotatable bonds is 8. The van der Waals surface area contributed by atoms with Crippen molar-refractivity contribution < 1.29 is 18.0 Å². The molecular weight excluding hydrogens is 403 g/mol. The Balaban J connectivity index is 1.56. The monoisotopic (exact) mass is 429 g/mol. The number of aromatic nitrogens is 1. The molecule has 31 heavy (non-hydrogen) atoms. The van der Waals surface area contributed by atoms with Gasteiger partial charge in [-0.1, -0.05) is 32.4 Å². The van der Waals surface area contributed by atoms with Gasteiger partial charge in [-0.3, -0.25) is 4.79 Å². The van der Waals surface area contributed by atoms with Gasteiger partial charge in [0.1, 0.15) is 5.82 Å². The molecule has 1 amide bonds. The number of aryl methyl sites for hydroxylation is 1. The number of hydrogen-bond donors (Lipinski definition) is 2. The van der Waals surface area contributed by atoms with E-state index in [-0.39, 0.29) is 12.3 Å². The minimum Gasteiger partial charge on any atom is -0.370 e. The van der Waals surface area contributed by atoms with Crippen molar-refractivity contribution in [3.8, 4) is 0 Å². The number of benzene rings is 2. The van der Waals surface area contributed by atoms with Crippen molar-refractivity contribution in [2.24, 2.45) is 5.92 Å². The molecule has 0 aliphatic rings. The number of nitrogens with one attached hydrogen (secondary N) is 2. The van der Waals surface area contributed by atoms with Crippen LogP contribution in [0.4, 0.5) is 24.7 Å². The maximum Gasteiger partial charge on any atom is 0.416 e. The van der Waals surface area contributed by atoms with Crippen LogP contribution in [0.25, 0.3) is 10.9 Å². The Bertz CT molecular complexity index is 1030. The highest BCUT2D eigenvalue weighted by Crippen LogP contribution is 2.29. The van der Waals surface area contributed by atoms with Gasteiger partial charge in [0.2, 0.25) is 5.91 Å². The highest BCUT2D eigenvalue weighted by atomic mass is 19.4. The van der Waals surface area contributed by atoms with E-state index in [0.717, 1.165) is 41.8 Å². The lowest BCUT2D eigenvalue weighted by molar-refractivity contribution is -0.137. The van der Waals surface area contributed by atoms with Gasteiger partial charge >= 0.3 is 6.18 Å². The van der Waals surface area contributed by atoms with Crippen LogP contribution in [0.3, 0.4) is 0 Å². The summed E-state index contributed by atoms with van der Waals surface area (Å²) < 4.78 is 37.9. The number of halogens is 3. The Labute approximate surface area is 179 Å². The minimum atomic E-state index is -4.36. The number of alkyl halides is 3. The summed E-state index contributed by atoms with van der Waals surface area (Å²) in [6.07, 6.45) is -2.71. The zero-order chi connectivity index (χ0) is 22.4. The van der Waals surface area contributed by atoms with E-state index in [2.05, 4.69) is 29.5 Å². The molecule has 0 aliphatic carbocycles. The summed E-state index contributed by atoms with van der Waals surface area (Å²) in [5.41, 5.74) is 1.48. The number of nitrogens with zero attached hydrogens (tertiary/aromatic N) is 1. The molecule has 0 aliphatic heterocycles. The fourth-order valence-corrected chi connectivity index (χ4v) is 3.07. The van der Waals surface area contributed by atoms with Crippen LogP contribution >= 0.6 is 0 Å². The van der Waals surface area contributed by atoms with Gasteiger partial charge in [-0.05, 0) is 60.4 Å². The first kappa shape index (κ1) is 22.6. The fourth-order valence-electron chi connectivity index (χ4n) is 3.07. The second kappa shape index (κ2) is 9.81. The molecule has 164 valence electrons. The molecule has 0 spiro atoms. The second-order valence-corrected chi connectivity index (χ2v) is 7.74. The number of pyridine rings is 1. The van der Waals surface area contributed by atoms with Crippen molar-refractivity contribution >= 4 is 28.3 Å². The first-order valence-electron chi connectivity index (χ1n) is 10.3. The highest BCUT2D eigenvalue weighted by molar-refractivity contribution is 5.94. The molecule has 0 bridgehead atoms. The van der Waals surface area contributed by atoms with Crippen LogP contribution in [0.2, 0.25) is 0 Å². The van der Waals surface area contributed by atoms with Gasteiger partial charge < -0.3 is 10.6 Å². The molecule has 1 aromatic heterocycles.